The number of nitrogens with one attached hydrogen (secondary N) is 1. The molecule has 1 heterocycles. The number of aromatic nitrogens is 1. The number of hydrogen-bond donors (Lipinski definition) is 3. The van der Waals surface area contributed by atoms with Gasteiger partial charge >= 0.3 is 0 Å². The van der Waals surface area contributed by atoms with Crippen molar-refractivity contribution in [2.75, 3.05) is 13.2 Å². The van der Waals surface area contributed by atoms with Crippen molar-refractivity contribution in [1.82, 2.24) is 10.3 Å². The number of nitrogens with zero attached hydrogens (tertiary/aromatic N) is 1. The van der Waals surface area contributed by atoms with E-state index in [0.29, 0.717) is 13.1 Å². The fourth-order valence-corrected chi connectivity index (χ4v) is 2.09. The van der Waals surface area contributed by atoms with Gasteiger partial charge in [-0.15, -0.1) is 11.3 Å². The first-order valence-corrected chi connectivity index (χ1v) is 6.20. The van der Waals surface area contributed by atoms with Gasteiger partial charge in [-0.25, -0.2) is 4.98 Å². The van der Waals surface area contributed by atoms with Crippen LogP contribution < -0.4 is 5.32 Å². The van der Waals surface area contributed by atoms with E-state index in [0.717, 1.165) is 5.01 Å². The highest BCUT2D eigenvalue weighted by molar-refractivity contribution is 7.11. The van der Waals surface area contributed by atoms with Crippen molar-refractivity contribution in [3.8, 4) is 0 Å². The Balaban J connectivity index is 2.41. The molecular weight excluding hydrogens is 224 g/mol. The van der Waals surface area contributed by atoms with Crippen molar-refractivity contribution < 1.29 is 10.2 Å². The quantitative estimate of drug-likeness (QED) is 0.719. The van der Waals surface area contributed by atoms with Crippen LogP contribution in [0.2, 0.25) is 0 Å². The molecule has 0 aliphatic rings. The molecule has 0 saturated carbocycles. The van der Waals surface area contributed by atoms with E-state index < -0.39 is 6.10 Å². The highest BCUT2D eigenvalue weighted by Gasteiger charge is 2.16. The first kappa shape index (κ1) is 13.6. The van der Waals surface area contributed by atoms with Crippen molar-refractivity contribution in [1.29, 1.82) is 0 Å². The molecule has 0 radical (unpaired) electrons. The summed E-state index contributed by atoms with van der Waals surface area (Å²) >= 11 is 1.68. The van der Waals surface area contributed by atoms with Crippen LogP contribution in [0, 0.1) is 0 Å². The molecule has 1 atom stereocenters. The molecule has 0 fully saturated rings. The minimum absolute atomic E-state index is 0.139. The molecule has 3 N–H and O–H groups in total. The Morgan fingerprint density at radius 1 is 1.50 bits per heavy atom. The number of hydrogen-bond acceptors (Lipinski definition) is 5. The van der Waals surface area contributed by atoms with E-state index in [1.165, 1.54) is 4.88 Å². The summed E-state index contributed by atoms with van der Waals surface area (Å²) in [5.74, 6) is 0. The molecule has 0 spiro atoms. The number of rotatable bonds is 5. The lowest BCUT2D eigenvalue weighted by Gasteiger charge is -2.14. The SMILES string of the molecule is CC(C)(C)c1cnc(CNCC(O)CO)s1. The maximum absolute atomic E-state index is 9.14. The normalized spacial score (nSPS) is 14.1. The highest BCUT2D eigenvalue weighted by atomic mass is 32.1. The van der Waals surface area contributed by atoms with E-state index >= 15 is 0 Å². The van der Waals surface area contributed by atoms with Crippen molar-refractivity contribution in [3.05, 3.63) is 16.1 Å². The Hall–Kier alpha value is -0.490. The maximum atomic E-state index is 9.14. The second-order valence-corrected chi connectivity index (χ2v) is 5.95. The van der Waals surface area contributed by atoms with Crippen molar-refractivity contribution in [2.24, 2.45) is 0 Å². The first-order valence-electron chi connectivity index (χ1n) is 5.38. The van der Waals surface area contributed by atoms with E-state index in [1.54, 1.807) is 11.3 Å². The van der Waals surface area contributed by atoms with Crippen molar-refractivity contribution in [3.63, 3.8) is 0 Å². The van der Waals surface area contributed by atoms with Gasteiger partial charge in [-0.3, -0.25) is 0 Å². The van der Waals surface area contributed by atoms with Gasteiger partial charge in [0, 0.05) is 24.2 Å². The number of aliphatic hydroxyl groups is 2. The monoisotopic (exact) mass is 244 g/mol. The molecule has 0 bridgehead atoms. The second-order valence-electron chi connectivity index (χ2n) is 4.84. The van der Waals surface area contributed by atoms with Crippen LogP contribution in [0.5, 0.6) is 0 Å². The summed E-state index contributed by atoms with van der Waals surface area (Å²) in [5, 5.41) is 21.8. The van der Waals surface area contributed by atoms with E-state index in [2.05, 4.69) is 31.1 Å². The molecule has 0 aliphatic carbocycles. The Morgan fingerprint density at radius 3 is 2.69 bits per heavy atom. The van der Waals surface area contributed by atoms with Crippen LogP contribution >= 0.6 is 11.3 Å². The van der Waals surface area contributed by atoms with Gasteiger partial charge in [-0.05, 0) is 5.41 Å². The first-order chi connectivity index (χ1) is 7.43. The minimum atomic E-state index is -0.693. The molecule has 1 rings (SSSR count). The minimum Gasteiger partial charge on any atom is -0.394 e. The lowest BCUT2D eigenvalue weighted by Crippen LogP contribution is -2.28. The van der Waals surface area contributed by atoms with E-state index in [4.69, 9.17) is 10.2 Å². The molecule has 5 heteroatoms. The average molecular weight is 244 g/mol. The molecule has 4 nitrogen and oxygen atoms in total. The lowest BCUT2D eigenvalue weighted by atomic mass is 9.96. The largest absolute Gasteiger partial charge is 0.394 e. The summed E-state index contributed by atoms with van der Waals surface area (Å²) in [6, 6.07) is 0. The van der Waals surface area contributed by atoms with Crippen LogP contribution in [-0.4, -0.2) is 34.5 Å². The van der Waals surface area contributed by atoms with E-state index in [9.17, 15) is 0 Å². The van der Waals surface area contributed by atoms with Gasteiger partial charge < -0.3 is 15.5 Å². The highest BCUT2D eigenvalue weighted by Crippen LogP contribution is 2.27. The molecule has 0 amide bonds. The van der Waals surface area contributed by atoms with Gasteiger partial charge in [-0.1, -0.05) is 20.8 Å². The molecular formula is C11H20N2O2S. The molecule has 0 saturated heterocycles. The average Bonchev–Trinajstić information content (AvgIpc) is 2.65. The molecule has 0 aliphatic heterocycles. The molecule has 1 aromatic heterocycles. The van der Waals surface area contributed by atoms with Crippen LogP contribution in [0.1, 0.15) is 30.7 Å². The van der Waals surface area contributed by atoms with Crippen LogP contribution in [-0.2, 0) is 12.0 Å². The zero-order valence-corrected chi connectivity index (χ0v) is 10.8. The smallest absolute Gasteiger partial charge is 0.107 e. The van der Waals surface area contributed by atoms with E-state index in [-0.39, 0.29) is 12.0 Å². The van der Waals surface area contributed by atoms with Gasteiger partial charge in [0.05, 0.1) is 12.7 Å². The third kappa shape index (κ3) is 4.17. The second kappa shape index (κ2) is 5.72. The van der Waals surface area contributed by atoms with Crippen LogP contribution in [0.15, 0.2) is 6.20 Å². The predicted molar refractivity (Wildman–Crippen MR) is 65.6 cm³/mol. The summed E-state index contributed by atoms with van der Waals surface area (Å²) in [6.45, 7) is 7.30. The lowest BCUT2D eigenvalue weighted by molar-refractivity contribution is 0.0942. The van der Waals surface area contributed by atoms with Crippen molar-refractivity contribution in [2.45, 2.75) is 38.8 Å². The molecule has 1 aromatic rings. The van der Waals surface area contributed by atoms with Gasteiger partial charge in [0.2, 0.25) is 0 Å². The fraction of sp³-hybridized carbons (Fsp3) is 0.727. The number of aliphatic hydroxyl groups excluding tert-OH is 2. The summed E-state index contributed by atoms with van der Waals surface area (Å²) in [5.41, 5.74) is 0.139. The topological polar surface area (TPSA) is 65.4 Å². The summed E-state index contributed by atoms with van der Waals surface area (Å²) < 4.78 is 0. The Morgan fingerprint density at radius 2 is 2.19 bits per heavy atom. The third-order valence-electron chi connectivity index (χ3n) is 2.16. The zero-order valence-electron chi connectivity index (χ0n) is 10.0. The fourth-order valence-electron chi connectivity index (χ4n) is 1.15. The molecule has 16 heavy (non-hydrogen) atoms. The van der Waals surface area contributed by atoms with Crippen LogP contribution in [0.25, 0.3) is 0 Å². The zero-order chi connectivity index (χ0) is 12.2. The third-order valence-corrected chi connectivity index (χ3v) is 3.58. The summed E-state index contributed by atoms with van der Waals surface area (Å²) in [7, 11) is 0. The molecule has 92 valence electrons. The Bertz CT molecular complexity index is 320. The Labute approximate surface area is 100 Å². The predicted octanol–water partition coefficient (Wildman–Crippen LogP) is 0.883. The number of thiazole rings is 1. The molecule has 0 aromatic carbocycles. The van der Waals surface area contributed by atoms with Crippen LogP contribution in [0.3, 0.4) is 0 Å². The van der Waals surface area contributed by atoms with E-state index in [1.807, 2.05) is 6.20 Å². The van der Waals surface area contributed by atoms with Crippen LogP contribution in [0.4, 0.5) is 0 Å². The Kier molecular flexibility index (Phi) is 4.86. The summed E-state index contributed by atoms with van der Waals surface area (Å²) in [4.78, 5) is 5.57. The van der Waals surface area contributed by atoms with Crippen molar-refractivity contribution >= 4 is 11.3 Å². The summed E-state index contributed by atoms with van der Waals surface area (Å²) in [6.07, 6.45) is 1.21. The van der Waals surface area contributed by atoms with Gasteiger partial charge in [0.15, 0.2) is 0 Å². The van der Waals surface area contributed by atoms with Gasteiger partial charge in [0.1, 0.15) is 5.01 Å². The maximum Gasteiger partial charge on any atom is 0.107 e. The van der Waals surface area contributed by atoms with Gasteiger partial charge in [-0.2, -0.15) is 0 Å². The molecule has 1 unspecified atom stereocenters. The van der Waals surface area contributed by atoms with Gasteiger partial charge in [0.25, 0.3) is 0 Å². The standard InChI is InChI=1S/C11H20N2O2S/c1-11(2,3)9-5-13-10(16-9)6-12-4-8(15)7-14/h5,8,12,14-15H,4,6-7H2,1-3H3.